The molecule has 110 valence electrons. The first-order valence-electron chi connectivity index (χ1n) is 8.04. The molecule has 3 nitrogen and oxygen atoms in total. The van der Waals surface area contributed by atoms with E-state index in [-0.39, 0.29) is 0 Å². The van der Waals surface area contributed by atoms with Crippen molar-refractivity contribution in [3.63, 3.8) is 0 Å². The number of anilines is 1. The summed E-state index contributed by atoms with van der Waals surface area (Å²) in [6.45, 7) is 6.44. The Hall–Kier alpha value is -1.06. The SMILES string of the molecule is CCC1CN(CCC2CCCO2)c2ccccc2CN1. The first-order valence-corrected chi connectivity index (χ1v) is 8.04. The van der Waals surface area contributed by atoms with Crippen LogP contribution in [0.1, 0.15) is 38.2 Å². The lowest BCUT2D eigenvalue weighted by Crippen LogP contribution is -2.38. The monoisotopic (exact) mass is 274 g/mol. The number of fused-ring (bicyclic) bond motifs is 1. The Morgan fingerprint density at radius 1 is 1.35 bits per heavy atom. The molecule has 2 aliphatic heterocycles. The highest BCUT2D eigenvalue weighted by molar-refractivity contribution is 5.54. The Kier molecular flexibility index (Phi) is 4.58. The van der Waals surface area contributed by atoms with Gasteiger partial charge in [0, 0.05) is 38.0 Å². The van der Waals surface area contributed by atoms with Gasteiger partial charge in [0.05, 0.1) is 6.10 Å². The quantitative estimate of drug-likeness (QED) is 0.913. The molecule has 1 saturated heterocycles. The minimum Gasteiger partial charge on any atom is -0.378 e. The van der Waals surface area contributed by atoms with E-state index in [2.05, 4.69) is 41.4 Å². The molecular weight excluding hydrogens is 248 g/mol. The maximum Gasteiger partial charge on any atom is 0.0592 e. The van der Waals surface area contributed by atoms with Crippen LogP contribution in [0, 0.1) is 0 Å². The third-order valence-corrected chi connectivity index (χ3v) is 4.59. The van der Waals surface area contributed by atoms with Crippen LogP contribution >= 0.6 is 0 Å². The van der Waals surface area contributed by atoms with E-state index >= 15 is 0 Å². The maximum atomic E-state index is 5.77. The van der Waals surface area contributed by atoms with Crippen LogP contribution < -0.4 is 10.2 Å². The van der Waals surface area contributed by atoms with E-state index in [0.29, 0.717) is 12.1 Å². The molecular formula is C17H26N2O. The van der Waals surface area contributed by atoms with Gasteiger partial charge in [-0.25, -0.2) is 0 Å². The maximum absolute atomic E-state index is 5.77. The molecule has 0 saturated carbocycles. The van der Waals surface area contributed by atoms with Crippen molar-refractivity contribution in [2.24, 2.45) is 0 Å². The molecule has 3 rings (SSSR count). The molecule has 3 heteroatoms. The van der Waals surface area contributed by atoms with Crippen molar-refractivity contribution in [1.82, 2.24) is 5.32 Å². The predicted molar refractivity (Wildman–Crippen MR) is 83.2 cm³/mol. The number of benzene rings is 1. The minimum absolute atomic E-state index is 0.485. The predicted octanol–water partition coefficient (Wildman–Crippen LogP) is 2.94. The smallest absolute Gasteiger partial charge is 0.0592 e. The summed E-state index contributed by atoms with van der Waals surface area (Å²) in [4.78, 5) is 2.56. The zero-order chi connectivity index (χ0) is 13.8. The minimum atomic E-state index is 0.485. The van der Waals surface area contributed by atoms with E-state index in [9.17, 15) is 0 Å². The molecule has 1 aromatic carbocycles. The van der Waals surface area contributed by atoms with E-state index in [1.54, 1.807) is 0 Å². The molecule has 0 radical (unpaired) electrons. The summed E-state index contributed by atoms with van der Waals surface area (Å²) in [6, 6.07) is 9.41. The lowest BCUT2D eigenvalue weighted by Gasteiger charge is -2.28. The van der Waals surface area contributed by atoms with E-state index in [1.165, 1.54) is 30.5 Å². The Labute approximate surface area is 122 Å². The van der Waals surface area contributed by atoms with Crippen LogP contribution in [0.25, 0.3) is 0 Å². The number of nitrogens with zero attached hydrogens (tertiary/aromatic N) is 1. The summed E-state index contributed by atoms with van der Waals surface area (Å²) in [5.41, 5.74) is 2.84. The normalized spacial score (nSPS) is 26.4. The molecule has 2 unspecified atom stereocenters. The van der Waals surface area contributed by atoms with Crippen LogP contribution in [0.2, 0.25) is 0 Å². The number of hydrogen-bond acceptors (Lipinski definition) is 3. The van der Waals surface area contributed by atoms with Crippen molar-refractivity contribution in [1.29, 1.82) is 0 Å². The van der Waals surface area contributed by atoms with Gasteiger partial charge >= 0.3 is 0 Å². The largest absolute Gasteiger partial charge is 0.378 e. The fourth-order valence-corrected chi connectivity index (χ4v) is 3.31. The highest BCUT2D eigenvalue weighted by Crippen LogP contribution is 2.25. The fourth-order valence-electron chi connectivity index (χ4n) is 3.31. The van der Waals surface area contributed by atoms with E-state index in [0.717, 1.165) is 32.7 Å². The van der Waals surface area contributed by atoms with Gasteiger partial charge in [0.1, 0.15) is 0 Å². The zero-order valence-electron chi connectivity index (χ0n) is 12.5. The van der Waals surface area contributed by atoms with Crippen molar-refractivity contribution in [3.8, 4) is 0 Å². The van der Waals surface area contributed by atoms with Crippen molar-refractivity contribution < 1.29 is 4.74 Å². The lowest BCUT2D eigenvalue weighted by molar-refractivity contribution is 0.105. The molecule has 20 heavy (non-hydrogen) atoms. The molecule has 2 heterocycles. The number of hydrogen-bond donors (Lipinski definition) is 1. The van der Waals surface area contributed by atoms with Crippen LogP contribution in [-0.2, 0) is 11.3 Å². The Bertz CT molecular complexity index is 429. The number of rotatable bonds is 4. The van der Waals surface area contributed by atoms with E-state index in [4.69, 9.17) is 4.74 Å². The van der Waals surface area contributed by atoms with Gasteiger partial charge in [0.2, 0.25) is 0 Å². The van der Waals surface area contributed by atoms with Gasteiger partial charge in [-0.15, -0.1) is 0 Å². The number of ether oxygens (including phenoxy) is 1. The second-order valence-electron chi connectivity index (χ2n) is 5.98. The standard InChI is InChI=1S/C17H26N2O/c1-2-15-13-19(10-9-16-7-5-11-20-16)17-8-4-3-6-14(17)12-18-15/h3-4,6,8,15-16,18H,2,5,7,9-13H2,1H3. The Morgan fingerprint density at radius 3 is 3.05 bits per heavy atom. The molecule has 1 fully saturated rings. The van der Waals surface area contributed by atoms with Crippen LogP contribution in [0.3, 0.4) is 0 Å². The van der Waals surface area contributed by atoms with Crippen molar-refractivity contribution in [2.75, 3.05) is 24.6 Å². The van der Waals surface area contributed by atoms with Gasteiger partial charge < -0.3 is 15.0 Å². The molecule has 0 spiro atoms. The van der Waals surface area contributed by atoms with Crippen LogP contribution in [0.5, 0.6) is 0 Å². The van der Waals surface area contributed by atoms with Gasteiger partial charge in [-0.1, -0.05) is 25.1 Å². The first kappa shape index (κ1) is 13.9. The zero-order valence-corrected chi connectivity index (χ0v) is 12.5. The molecule has 0 aromatic heterocycles. The Balaban J connectivity index is 1.71. The molecule has 0 amide bonds. The van der Waals surface area contributed by atoms with Crippen LogP contribution in [0.4, 0.5) is 5.69 Å². The van der Waals surface area contributed by atoms with Gasteiger partial charge in [-0.3, -0.25) is 0 Å². The summed E-state index contributed by atoms with van der Waals surface area (Å²) in [5, 5.41) is 3.67. The summed E-state index contributed by atoms with van der Waals surface area (Å²) >= 11 is 0. The van der Waals surface area contributed by atoms with Crippen LogP contribution in [0.15, 0.2) is 24.3 Å². The Morgan fingerprint density at radius 2 is 2.25 bits per heavy atom. The second-order valence-corrected chi connectivity index (χ2v) is 5.98. The summed E-state index contributed by atoms with van der Waals surface area (Å²) in [5.74, 6) is 0. The number of nitrogens with one attached hydrogen (secondary N) is 1. The van der Waals surface area contributed by atoms with Crippen molar-refractivity contribution >= 4 is 5.69 Å². The number of para-hydroxylation sites is 1. The van der Waals surface area contributed by atoms with Crippen molar-refractivity contribution in [3.05, 3.63) is 29.8 Å². The van der Waals surface area contributed by atoms with Gasteiger partial charge in [0.25, 0.3) is 0 Å². The fraction of sp³-hybridized carbons (Fsp3) is 0.647. The highest BCUT2D eigenvalue weighted by atomic mass is 16.5. The van der Waals surface area contributed by atoms with Crippen molar-refractivity contribution in [2.45, 2.75) is 51.3 Å². The summed E-state index contributed by atoms with van der Waals surface area (Å²) in [7, 11) is 0. The molecule has 1 aromatic rings. The highest BCUT2D eigenvalue weighted by Gasteiger charge is 2.22. The first-order chi connectivity index (χ1) is 9.86. The van der Waals surface area contributed by atoms with E-state index < -0.39 is 0 Å². The molecule has 2 aliphatic rings. The summed E-state index contributed by atoms with van der Waals surface area (Å²) < 4.78 is 5.77. The van der Waals surface area contributed by atoms with Gasteiger partial charge in [-0.05, 0) is 37.3 Å². The third-order valence-electron chi connectivity index (χ3n) is 4.59. The van der Waals surface area contributed by atoms with Crippen LogP contribution in [-0.4, -0.2) is 31.8 Å². The third kappa shape index (κ3) is 3.15. The van der Waals surface area contributed by atoms with Gasteiger partial charge in [-0.2, -0.15) is 0 Å². The molecule has 0 aliphatic carbocycles. The summed E-state index contributed by atoms with van der Waals surface area (Å²) in [6.07, 6.45) is 5.30. The molecule has 0 bridgehead atoms. The second kappa shape index (κ2) is 6.59. The topological polar surface area (TPSA) is 24.5 Å². The van der Waals surface area contributed by atoms with Gasteiger partial charge in [0.15, 0.2) is 0 Å². The molecule has 1 N–H and O–H groups in total. The average Bonchev–Trinajstić information content (AvgIpc) is 2.94. The average molecular weight is 274 g/mol. The lowest BCUT2D eigenvalue weighted by atomic mass is 10.1. The van der Waals surface area contributed by atoms with E-state index in [1.807, 2.05) is 0 Å². The molecule has 2 atom stereocenters.